The first kappa shape index (κ1) is 57.4. The lowest BCUT2D eigenvalue weighted by Gasteiger charge is -2.24. The highest BCUT2D eigenvalue weighted by molar-refractivity contribution is 5.91. The van der Waals surface area contributed by atoms with Crippen LogP contribution in [0.15, 0.2) is 62.3 Å². The Hall–Kier alpha value is -5.21. The van der Waals surface area contributed by atoms with Crippen LogP contribution < -0.4 is 0 Å². The fraction of sp³-hybridized carbons (Fsp3) is 0.393. The molecular weight excluding hydrogens is 640 g/mol. The van der Waals surface area contributed by atoms with Gasteiger partial charge < -0.3 is 61.3 Å². The van der Waals surface area contributed by atoms with Crippen LogP contribution in [0.4, 0.5) is 0 Å². The van der Waals surface area contributed by atoms with Crippen LogP contribution in [0.5, 0.6) is 0 Å². The van der Waals surface area contributed by atoms with Crippen LogP contribution in [0.3, 0.4) is 0 Å². The molecule has 19 nitrogen and oxygen atoms in total. The molecular formula is C28H46O19. The average molecular weight is 687 g/mol. The van der Waals surface area contributed by atoms with E-state index >= 15 is 0 Å². The molecule has 0 saturated heterocycles. The monoisotopic (exact) mass is 686 g/mol. The average Bonchev–Trinajstić information content (AvgIpc) is 2.99. The van der Waals surface area contributed by atoms with Crippen LogP contribution in [0, 0.1) is 5.41 Å². The predicted octanol–water partition coefficient (Wildman–Crippen LogP) is -0.306. The van der Waals surface area contributed by atoms with E-state index in [1.165, 1.54) is 6.92 Å². The molecule has 0 rings (SSSR count). The second-order valence-corrected chi connectivity index (χ2v) is 7.95. The third kappa shape index (κ3) is 64.7. The first-order valence-corrected chi connectivity index (χ1v) is 12.3. The summed E-state index contributed by atoms with van der Waals surface area (Å²) in [5.41, 5.74) is -1.27. The summed E-state index contributed by atoms with van der Waals surface area (Å²) in [5.74, 6) is -7.83. The zero-order chi connectivity index (χ0) is 39.3. The summed E-state index contributed by atoms with van der Waals surface area (Å²) >= 11 is 0. The van der Waals surface area contributed by atoms with Crippen molar-refractivity contribution < 1.29 is 94.8 Å². The Balaban J connectivity index is -0.0000000810. The Kier molecular flexibility index (Phi) is 47.4. The number of rotatable bonds is 14. The van der Waals surface area contributed by atoms with Crippen LogP contribution in [0.1, 0.15) is 33.1 Å². The summed E-state index contributed by atoms with van der Waals surface area (Å²) < 4.78 is 0. The molecule has 0 aromatic carbocycles. The summed E-state index contributed by atoms with van der Waals surface area (Å²) in [6, 6.07) is 0. The molecule has 0 aliphatic carbocycles. The fourth-order valence-electron chi connectivity index (χ4n) is 1.00. The van der Waals surface area contributed by atoms with Crippen LogP contribution in [-0.4, -0.2) is 136 Å². The van der Waals surface area contributed by atoms with E-state index in [4.69, 9.17) is 61.3 Å². The highest BCUT2D eigenvalue weighted by Crippen LogP contribution is 2.18. The zero-order valence-electron chi connectivity index (χ0n) is 26.0. The van der Waals surface area contributed by atoms with Gasteiger partial charge in [0.2, 0.25) is 0 Å². The number of aliphatic hydroxyl groups is 5. The molecule has 12 N–H and O–H groups in total. The third-order valence-corrected chi connectivity index (χ3v) is 3.88. The lowest BCUT2D eigenvalue weighted by Crippen LogP contribution is -2.32. The lowest BCUT2D eigenvalue weighted by atomic mass is 9.88. The van der Waals surface area contributed by atoms with Gasteiger partial charge in [0.05, 0.1) is 45.4 Å². The molecule has 0 fully saturated rings. The molecule has 0 heterocycles. The number of carbonyl (C=O) groups is 7. The van der Waals surface area contributed by atoms with Gasteiger partial charge in [0, 0.05) is 34.8 Å². The molecule has 0 aliphatic heterocycles. The Morgan fingerprint density at radius 1 is 0.596 bits per heavy atom. The number of carboxylic acids is 7. The smallest absolute Gasteiger partial charge is 0.331 e. The highest BCUT2D eigenvalue weighted by atomic mass is 16.4. The minimum absolute atomic E-state index is 0.139. The van der Waals surface area contributed by atoms with E-state index in [1.807, 2.05) is 6.92 Å². The zero-order valence-corrected chi connectivity index (χ0v) is 26.0. The van der Waals surface area contributed by atoms with Gasteiger partial charge in [-0.05, 0) is 13.3 Å². The molecule has 0 saturated carbocycles. The summed E-state index contributed by atoms with van der Waals surface area (Å²) in [6.07, 6.45) is 1.52. The highest BCUT2D eigenvalue weighted by Gasteiger charge is 2.24. The lowest BCUT2D eigenvalue weighted by molar-refractivity contribution is -0.139. The molecule has 272 valence electrons. The van der Waals surface area contributed by atoms with E-state index < -0.39 is 66.1 Å². The molecule has 47 heavy (non-hydrogen) atoms. The summed E-state index contributed by atoms with van der Waals surface area (Å²) in [5, 5.41) is 96.9. The fourth-order valence-corrected chi connectivity index (χ4v) is 1.00. The van der Waals surface area contributed by atoms with E-state index in [1.54, 1.807) is 0 Å². The Labute approximate surface area is 270 Å². The SMILES string of the molecule is C=C(CC(=O)O)C(=O)O.C=C(CC(=O)O)C(=O)O.C=CC(=O)O.C=CC(=O)O.C=CC(=O)O.CC(O)CO.CCC(CO)(CO)CO. The molecule has 0 aromatic rings. The van der Waals surface area contributed by atoms with Crippen LogP contribution in [0.25, 0.3) is 0 Å². The van der Waals surface area contributed by atoms with Gasteiger partial charge >= 0.3 is 41.8 Å². The first-order chi connectivity index (χ1) is 21.4. The van der Waals surface area contributed by atoms with Crippen molar-refractivity contribution >= 4 is 41.8 Å². The van der Waals surface area contributed by atoms with Crippen molar-refractivity contribution in [2.75, 3.05) is 26.4 Å². The maximum absolute atomic E-state index is 9.87. The van der Waals surface area contributed by atoms with E-state index in [-0.39, 0.29) is 37.6 Å². The Morgan fingerprint density at radius 3 is 0.809 bits per heavy atom. The third-order valence-electron chi connectivity index (χ3n) is 3.88. The van der Waals surface area contributed by atoms with E-state index in [0.717, 1.165) is 18.2 Å². The minimum atomic E-state index is -1.27. The van der Waals surface area contributed by atoms with E-state index in [2.05, 4.69) is 32.9 Å². The van der Waals surface area contributed by atoms with Gasteiger partial charge in [-0.3, -0.25) is 9.59 Å². The van der Waals surface area contributed by atoms with Crippen LogP contribution in [0.2, 0.25) is 0 Å². The van der Waals surface area contributed by atoms with Gasteiger partial charge in [0.1, 0.15) is 0 Å². The topological polar surface area (TPSA) is 362 Å². The summed E-state index contributed by atoms with van der Waals surface area (Å²) in [6.45, 7) is 17.7. The maximum atomic E-state index is 9.87. The van der Waals surface area contributed by atoms with E-state index in [0.29, 0.717) is 6.42 Å². The molecule has 0 amide bonds. The van der Waals surface area contributed by atoms with Crippen molar-refractivity contribution in [3.05, 3.63) is 62.3 Å². The second-order valence-electron chi connectivity index (χ2n) is 7.95. The standard InChI is InChI=1S/C6H14O3.2C5H6O4.C3H8O2.3C3H4O2/c1-2-6(3-7,4-8)5-9;2*1-3(5(8)9)2-4(6)7;1-3(5)2-4;3*1-2-3(4)5/h7-9H,2-5H2,1H3;2*1-2H2,(H,6,7)(H,8,9);3-5H,2H2,1H3;3*2H,1H2,(H,4,5). The minimum Gasteiger partial charge on any atom is -0.481 e. The van der Waals surface area contributed by atoms with Gasteiger partial charge in [-0.1, -0.05) is 39.8 Å². The maximum Gasteiger partial charge on any atom is 0.331 e. The van der Waals surface area contributed by atoms with Crippen molar-refractivity contribution in [1.29, 1.82) is 0 Å². The number of hydrogen-bond donors (Lipinski definition) is 12. The van der Waals surface area contributed by atoms with Gasteiger partial charge in [-0.15, -0.1) is 0 Å². The number of aliphatic hydroxyl groups excluding tert-OH is 5. The van der Waals surface area contributed by atoms with Crippen LogP contribution >= 0.6 is 0 Å². The van der Waals surface area contributed by atoms with Crippen molar-refractivity contribution in [2.24, 2.45) is 5.41 Å². The molecule has 1 unspecified atom stereocenters. The Morgan fingerprint density at radius 2 is 0.787 bits per heavy atom. The molecule has 0 spiro atoms. The summed E-state index contributed by atoms with van der Waals surface area (Å²) in [4.78, 5) is 67.1. The van der Waals surface area contributed by atoms with Crippen molar-refractivity contribution in [2.45, 2.75) is 39.2 Å². The number of aliphatic carboxylic acids is 7. The molecule has 0 aliphatic rings. The van der Waals surface area contributed by atoms with Crippen molar-refractivity contribution in [1.82, 2.24) is 0 Å². The molecule has 1 atom stereocenters. The van der Waals surface area contributed by atoms with Gasteiger partial charge in [-0.2, -0.15) is 0 Å². The van der Waals surface area contributed by atoms with Crippen molar-refractivity contribution in [3.63, 3.8) is 0 Å². The largest absolute Gasteiger partial charge is 0.481 e. The van der Waals surface area contributed by atoms with Gasteiger partial charge in [0.15, 0.2) is 0 Å². The van der Waals surface area contributed by atoms with Crippen LogP contribution in [-0.2, 0) is 33.6 Å². The summed E-state index contributed by atoms with van der Waals surface area (Å²) in [7, 11) is 0. The quantitative estimate of drug-likeness (QED) is 0.104. The normalized spacial score (nSPS) is 9.17. The Bertz CT molecular complexity index is 893. The van der Waals surface area contributed by atoms with Crippen molar-refractivity contribution in [3.8, 4) is 0 Å². The molecule has 0 aromatic heterocycles. The van der Waals surface area contributed by atoms with Gasteiger partial charge in [0.25, 0.3) is 0 Å². The van der Waals surface area contributed by atoms with Gasteiger partial charge in [-0.25, -0.2) is 24.0 Å². The molecule has 0 radical (unpaired) electrons. The number of carboxylic acid groups (broad SMARTS) is 7. The first-order valence-electron chi connectivity index (χ1n) is 12.3. The molecule has 19 heteroatoms. The molecule has 0 bridgehead atoms. The van der Waals surface area contributed by atoms with E-state index in [9.17, 15) is 33.6 Å². The predicted molar refractivity (Wildman–Crippen MR) is 164 cm³/mol. The number of hydrogen-bond acceptors (Lipinski definition) is 12. The second kappa shape index (κ2) is 38.8.